The summed E-state index contributed by atoms with van der Waals surface area (Å²) in [7, 11) is 0. The normalized spacial score (nSPS) is 15.2. The highest BCUT2D eigenvalue weighted by Crippen LogP contribution is 2.30. The number of hydrogen-bond donors (Lipinski definition) is 1. The molecule has 0 radical (unpaired) electrons. The SMILES string of the molecule is CCN1CCN(c2ccc3nc(Nc4c(F)cccc4Cl)c4cncn4c3n2)CC1. The third-order valence-electron chi connectivity index (χ3n) is 5.53. The summed E-state index contributed by atoms with van der Waals surface area (Å²) < 4.78 is 16.1. The predicted molar refractivity (Wildman–Crippen MR) is 117 cm³/mol. The Morgan fingerprint density at radius 1 is 1.10 bits per heavy atom. The van der Waals surface area contributed by atoms with Gasteiger partial charge in [-0.15, -0.1) is 0 Å². The molecule has 5 rings (SSSR count). The fraction of sp³-hybridized carbons (Fsp3) is 0.286. The number of rotatable bonds is 4. The first-order chi connectivity index (χ1) is 14.6. The fourth-order valence-corrected chi connectivity index (χ4v) is 4.02. The van der Waals surface area contributed by atoms with E-state index in [1.54, 1.807) is 24.7 Å². The van der Waals surface area contributed by atoms with Gasteiger partial charge in [0, 0.05) is 26.2 Å². The largest absolute Gasteiger partial charge is 0.354 e. The molecule has 7 nitrogen and oxygen atoms in total. The molecular formula is C21H21ClFN7. The Hall–Kier alpha value is -2.97. The second-order valence-electron chi connectivity index (χ2n) is 7.26. The van der Waals surface area contributed by atoms with E-state index in [1.165, 1.54) is 6.07 Å². The van der Waals surface area contributed by atoms with Crippen molar-refractivity contribution in [2.75, 3.05) is 42.9 Å². The molecule has 4 aromatic rings. The molecule has 0 bridgehead atoms. The minimum atomic E-state index is -0.443. The van der Waals surface area contributed by atoms with Gasteiger partial charge in [0.05, 0.1) is 16.9 Å². The van der Waals surface area contributed by atoms with E-state index >= 15 is 0 Å². The van der Waals surface area contributed by atoms with E-state index in [-0.39, 0.29) is 10.7 Å². The number of nitrogens with zero attached hydrogens (tertiary/aromatic N) is 6. The van der Waals surface area contributed by atoms with Crippen LogP contribution in [0.15, 0.2) is 42.9 Å². The molecule has 3 aromatic heterocycles. The summed E-state index contributed by atoms with van der Waals surface area (Å²) in [5, 5.41) is 3.31. The molecule has 0 atom stereocenters. The summed E-state index contributed by atoms with van der Waals surface area (Å²) in [6.07, 6.45) is 3.37. The minimum absolute atomic E-state index is 0.187. The zero-order valence-electron chi connectivity index (χ0n) is 16.5. The summed E-state index contributed by atoms with van der Waals surface area (Å²) in [6, 6.07) is 8.48. The maximum atomic E-state index is 14.3. The average Bonchev–Trinajstić information content (AvgIpc) is 3.27. The summed E-state index contributed by atoms with van der Waals surface area (Å²) >= 11 is 6.18. The van der Waals surface area contributed by atoms with Gasteiger partial charge in [0.25, 0.3) is 0 Å². The third-order valence-corrected chi connectivity index (χ3v) is 5.85. The van der Waals surface area contributed by atoms with E-state index in [4.69, 9.17) is 16.6 Å². The lowest BCUT2D eigenvalue weighted by Crippen LogP contribution is -2.46. The van der Waals surface area contributed by atoms with Gasteiger partial charge in [-0.1, -0.05) is 24.6 Å². The van der Waals surface area contributed by atoms with Gasteiger partial charge in [0.2, 0.25) is 0 Å². The first kappa shape index (κ1) is 19.0. The minimum Gasteiger partial charge on any atom is -0.354 e. The Balaban J connectivity index is 1.55. The lowest BCUT2D eigenvalue weighted by molar-refractivity contribution is 0.270. The summed E-state index contributed by atoms with van der Waals surface area (Å²) in [5.41, 5.74) is 2.28. The van der Waals surface area contributed by atoms with Crippen molar-refractivity contribution in [3.05, 3.63) is 53.7 Å². The molecule has 0 aliphatic carbocycles. The second kappa shape index (κ2) is 7.70. The highest BCUT2D eigenvalue weighted by Gasteiger charge is 2.19. The van der Waals surface area contributed by atoms with Crippen LogP contribution < -0.4 is 10.2 Å². The monoisotopic (exact) mass is 425 g/mol. The average molecular weight is 426 g/mol. The van der Waals surface area contributed by atoms with E-state index in [9.17, 15) is 4.39 Å². The smallest absolute Gasteiger partial charge is 0.166 e. The van der Waals surface area contributed by atoms with Crippen LogP contribution in [0.3, 0.4) is 0 Å². The van der Waals surface area contributed by atoms with Crippen molar-refractivity contribution in [3.8, 4) is 0 Å². The Bertz CT molecular complexity index is 1200. The van der Waals surface area contributed by atoms with Crippen LogP contribution in [0.4, 0.5) is 21.7 Å². The molecule has 30 heavy (non-hydrogen) atoms. The van der Waals surface area contributed by atoms with Crippen LogP contribution in [0, 0.1) is 5.82 Å². The lowest BCUT2D eigenvalue weighted by atomic mass is 10.3. The maximum absolute atomic E-state index is 14.3. The molecule has 4 heterocycles. The number of aromatic nitrogens is 4. The van der Waals surface area contributed by atoms with Crippen LogP contribution in [0.5, 0.6) is 0 Å². The number of benzene rings is 1. The van der Waals surface area contributed by atoms with Gasteiger partial charge in [-0.05, 0) is 30.8 Å². The topological polar surface area (TPSA) is 61.6 Å². The van der Waals surface area contributed by atoms with Gasteiger partial charge >= 0.3 is 0 Å². The molecule has 0 unspecified atom stereocenters. The third kappa shape index (κ3) is 3.32. The van der Waals surface area contributed by atoms with Crippen LogP contribution in [0.1, 0.15) is 6.92 Å². The van der Waals surface area contributed by atoms with Crippen LogP contribution in [0.2, 0.25) is 5.02 Å². The van der Waals surface area contributed by atoms with Gasteiger partial charge in [0.15, 0.2) is 11.5 Å². The lowest BCUT2D eigenvalue weighted by Gasteiger charge is -2.34. The van der Waals surface area contributed by atoms with E-state index in [0.717, 1.165) is 38.5 Å². The van der Waals surface area contributed by atoms with Gasteiger partial charge < -0.3 is 15.1 Å². The number of anilines is 3. The van der Waals surface area contributed by atoms with Crippen molar-refractivity contribution in [1.82, 2.24) is 24.3 Å². The van der Waals surface area contributed by atoms with Gasteiger partial charge in [-0.2, -0.15) is 0 Å². The number of likely N-dealkylation sites (N-methyl/N-ethyl adjacent to an activating group) is 1. The van der Waals surface area contributed by atoms with Crippen molar-refractivity contribution < 1.29 is 4.39 Å². The van der Waals surface area contributed by atoms with Crippen molar-refractivity contribution in [2.45, 2.75) is 6.92 Å². The van der Waals surface area contributed by atoms with Gasteiger partial charge in [0.1, 0.15) is 29.0 Å². The van der Waals surface area contributed by atoms with E-state index < -0.39 is 5.82 Å². The summed E-state index contributed by atoms with van der Waals surface area (Å²) in [5.74, 6) is 0.952. The fourth-order valence-electron chi connectivity index (χ4n) is 3.81. The van der Waals surface area contributed by atoms with Crippen LogP contribution in [0.25, 0.3) is 16.7 Å². The summed E-state index contributed by atoms with van der Waals surface area (Å²) in [6.45, 7) is 7.20. The Morgan fingerprint density at radius 2 is 1.93 bits per heavy atom. The van der Waals surface area contributed by atoms with Crippen LogP contribution in [-0.2, 0) is 0 Å². The number of para-hydroxylation sites is 1. The number of pyridine rings is 1. The molecule has 1 N–H and O–H groups in total. The quantitative estimate of drug-likeness (QED) is 0.534. The van der Waals surface area contributed by atoms with Crippen molar-refractivity contribution in [3.63, 3.8) is 0 Å². The van der Waals surface area contributed by atoms with Crippen molar-refractivity contribution >= 4 is 45.6 Å². The number of nitrogens with one attached hydrogen (secondary N) is 1. The van der Waals surface area contributed by atoms with E-state index in [0.29, 0.717) is 22.5 Å². The summed E-state index contributed by atoms with van der Waals surface area (Å²) in [4.78, 5) is 18.5. The molecule has 0 saturated carbocycles. The molecule has 0 amide bonds. The molecule has 1 saturated heterocycles. The Kier molecular flexibility index (Phi) is 4.88. The molecular weight excluding hydrogens is 405 g/mol. The molecule has 1 aromatic carbocycles. The van der Waals surface area contributed by atoms with Crippen molar-refractivity contribution in [2.24, 2.45) is 0 Å². The molecule has 9 heteroatoms. The number of imidazole rings is 1. The van der Waals surface area contributed by atoms with Crippen LogP contribution >= 0.6 is 11.6 Å². The zero-order chi connectivity index (χ0) is 20.7. The standard InChI is InChI=1S/C21H21ClFN7/c1-2-28-8-10-29(11-9-28)18-7-6-16-21(26-18)30-13-24-12-17(30)20(25-16)27-19-14(22)4-3-5-15(19)23/h3-7,12-13H,2,8-11H2,1H3,(H,25,27). The Labute approximate surface area is 178 Å². The van der Waals surface area contributed by atoms with Gasteiger partial charge in [-0.25, -0.2) is 19.3 Å². The van der Waals surface area contributed by atoms with Gasteiger partial charge in [-0.3, -0.25) is 4.40 Å². The highest BCUT2D eigenvalue weighted by molar-refractivity contribution is 6.33. The van der Waals surface area contributed by atoms with Crippen molar-refractivity contribution in [1.29, 1.82) is 0 Å². The number of halogens is 2. The number of piperazine rings is 1. The molecule has 1 aliphatic heterocycles. The molecule has 1 fully saturated rings. The molecule has 0 spiro atoms. The van der Waals surface area contributed by atoms with E-state index in [1.807, 2.05) is 16.5 Å². The predicted octanol–water partition coefficient (Wildman–Crippen LogP) is 3.96. The molecule has 154 valence electrons. The Morgan fingerprint density at radius 3 is 2.70 bits per heavy atom. The first-order valence-electron chi connectivity index (χ1n) is 9.95. The first-order valence-corrected chi connectivity index (χ1v) is 10.3. The highest BCUT2D eigenvalue weighted by atomic mass is 35.5. The number of fused-ring (bicyclic) bond motifs is 3. The number of hydrogen-bond acceptors (Lipinski definition) is 6. The zero-order valence-corrected chi connectivity index (χ0v) is 17.3. The van der Waals surface area contributed by atoms with E-state index in [2.05, 4.69) is 32.0 Å². The second-order valence-corrected chi connectivity index (χ2v) is 7.67. The van der Waals surface area contributed by atoms with Crippen LogP contribution in [-0.4, -0.2) is 57.0 Å². The maximum Gasteiger partial charge on any atom is 0.166 e. The molecule has 1 aliphatic rings.